The molecular weight excluding hydrogens is 206 g/mol. The Bertz CT molecular complexity index is 331. The van der Waals surface area contributed by atoms with Gasteiger partial charge >= 0.3 is 0 Å². The van der Waals surface area contributed by atoms with E-state index in [1.54, 1.807) is 0 Å². The molecule has 0 aliphatic carbocycles. The van der Waals surface area contributed by atoms with E-state index in [9.17, 15) is 0 Å². The fourth-order valence-corrected chi connectivity index (χ4v) is 2.81. The van der Waals surface area contributed by atoms with Crippen LogP contribution in [0.2, 0.25) is 0 Å². The third kappa shape index (κ3) is 3.71. The summed E-state index contributed by atoms with van der Waals surface area (Å²) in [6, 6.07) is 11.6. The first-order valence-corrected chi connectivity index (χ1v) is 6.79. The lowest BCUT2D eigenvalue weighted by molar-refractivity contribution is 0.265. The van der Waals surface area contributed by atoms with E-state index in [0.29, 0.717) is 0 Å². The molecule has 0 radical (unpaired) electrons. The average Bonchev–Trinajstić information content (AvgIpc) is 2.79. The Morgan fingerprint density at radius 2 is 2.12 bits per heavy atom. The highest BCUT2D eigenvalue weighted by molar-refractivity contribution is 5.14. The van der Waals surface area contributed by atoms with Crippen molar-refractivity contribution in [2.75, 3.05) is 13.1 Å². The molecule has 1 saturated heterocycles. The van der Waals surface area contributed by atoms with Crippen LogP contribution in [0.5, 0.6) is 0 Å². The van der Waals surface area contributed by atoms with E-state index in [-0.39, 0.29) is 0 Å². The molecule has 0 N–H and O–H groups in total. The highest BCUT2D eigenvalue weighted by atomic mass is 15.2. The highest BCUT2D eigenvalue weighted by Gasteiger charge is 2.22. The number of hydrogen-bond donors (Lipinski definition) is 0. The average molecular weight is 229 g/mol. The Kier molecular flexibility index (Phi) is 4.81. The third-order valence-corrected chi connectivity index (χ3v) is 3.71. The van der Waals surface area contributed by atoms with Gasteiger partial charge in [0.1, 0.15) is 0 Å². The number of hydrogen-bond acceptors (Lipinski definition) is 1. The van der Waals surface area contributed by atoms with E-state index in [0.717, 1.165) is 12.6 Å². The van der Waals surface area contributed by atoms with Crippen molar-refractivity contribution >= 4 is 0 Å². The van der Waals surface area contributed by atoms with Crippen LogP contribution in [0.1, 0.15) is 31.2 Å². The quantitative estimate of drug-likeness (QED) is 0.673. The first kappa shape index (κ1) is 12.4. The summed E-state index contributed by atoms with van der Waals surface area (Å²) in [5.74, 6) is 0. The van der Waals surface area contributed by atoms with Crippen LogP contribution in [0, 0.1) is 0 Å². The summed E-state index contributed by atoms with van der Waals surface area (Å²) in [5, 5.41) is 0. The monoisotopic (exact) mass is 229 g/mol. The minimum Gasteiger partial charge on any atom is -0.297 e. The molecule has 1 heterocycles. The largest absolute Gasteiger partial charge is 0.297 e. The van der Waals surface area contributed by atoms with Gasteiger partial charge in [0.05, 0.1) is 0 Å². The lowest BCUT2D eigenvalue weighted by Crippen LogP contribution is -2.29. The lowest BCUT2D eigenvalue weighted by Gasteiger charge is -2.22. The number of likely N-dealkylation sites (tertiary alicyclic amines) is 1. The van der Waals surface area contributed by atoms with Gasteiger partial charge in [0.15, 0.2) is 0 Å². The summed E-state index contributed by atoms with van der Waals surface area (Å²) in [5.41, 5.74) is 1.47. The van der Waals surface area contributed by atoms with Crippen molar-refractivity contribution in [3.8, 4) is 0 Å². The number of benzene rings is 1. The molecule has 0 aromatic heterocycles. The van der Waals surface area contributed by atoms with E-state index >= 15 is 0 Å². The van der Waals surface area contributed by atoms with E-state index in [1.165, 1.54) is 44.2 Å². The number of nitrogens with zero attached hydrogens (tertiary/aromatic N) is 1. The molecule has 92 valence electrons. The van der Waals surface area contributed by atoms with Gasteiger partial charge in [0.25, 0.3) is 0 Å². The Balaban J connectivity index is 1.73. The molecule has 1 aromatic carbocycles. The Hall–Kier alpha value is -1.08. The predicted octanol–water partition coefficient (Wildman–Crippen LogP) is 3.66. The molecule has 1 atom stereocenters. The first-order valence-electron chi connectivity index (χ1n) is 6.79. The van der Waals surface area contributed by atoms with Crippen molar-refractivity contribution in [3.05, 3.63) is 48.6 Å². The molecule has 1 heteroatoms. The lowest BCUT2D eigenvalue weighted by atomic mass is 10.0. The summed E-state index contributed by atoms with van der Waals surface area (Å²) in [4.78, 5) is 2.58. The van der Waals surface area contributed by atoms with Gasteiger partial charge in [-0.05, 0) is 44.2 Å². The smallest absolute Gasteiger partial charge is 0.0163 e. The van der Waals surface area contributed by atoms with Gasteiger partial charge < -0.3 is 0 Å². The summed E-state index contributed by atoms with van der Waals surface area (Å²) in [6.07, 6.45) is 8.65. The Labute approximate surface area is 105 Å². The van der Waals surface area contributed by atoms with Gasteiger partial charge in [0, 0.05) is 12.6 Å². The first-order chi connectivity index (χ1) is 8.40. The Morgan fingerprint density at radius 1 is 1.29 bits per heavy atom. The zero-order valence-corrected chi connectivity index (χ0v) is 10.6. The normalized spacial score (nSPS) is 20.6. The van der Waals surface area contributed by atoms with Crippen LogP contribution in [0.4, 0.5) is 0 Å². The van der Waals surface area contributed by atoms with Gasteiger partial charge in [0.2, 0.25) is 0 Å². The molecule has 1 aliphatic heterocycles. The van der Waals surface area contributed by atoms with Gasteiger partial charge in [-0.15, -0.1) is 6.58 Å². The molecule has 0 bridgehead atoms. The number of rotatable bonds is 6. The minimum atomic E-state index is 0.803. The van der Waals surface area contributed by atoms with Crippen LogP contribution in [0.15, 0.2) is 43.0 Å². The van der Waals surface area contributed by atoms with Gasteiger partial charge in [-0.1, -0.05) is 36.4 Å². The van der Waals surface area contributed by atoms with E-state index in [2.05, 4.69) is 41.8 Å². The van der Waals surface area contributed by atoms with Crippen LogP contribution >= 0.6 is 0 Å². The second-order valence-electron chi connectivity index (χ2n) is 4.96. The zero-order chi connectivity index (χ0) is 11.9. The van der Waals surface area contributed by atoms with Gasteiger partial charge in [-0.3, -0.25) is 4.90 Å². The molecular formula is C16H23N. The van der Waals surface area contributed by atoms with Crippen LogP contribution in [0.3, 0.4) is 0 Å². The van der Waals surface area contributed by atoms with Gasteiger partial charge in [-0.25, -0.2) is 0 Å². The molecule has 0 spiro atoms. The molecule has 17 heavy (non-hydrogen) atoms. The molecule has 1 aliphatic rings. The van der Waals surface area contributed by atoms with Crippen molar-refractivity contribution in [2.45, 2.75) is 38.1 Å². The molecule has 1 aromatic rings. The zero-order valence-electron chi connectivity index (χ0n) is 10.6. The van der Waals surface area contributed by atoms with Crippen molar-refractivity contribution in [3.63, 3.8) is 0 Å². The van der Waals surface area contributed by atoms with E-state index in [1.807, 2.05) is 6.08 Å². The summed E-state index contributed by atoms with van der Waals surface area (Å²) >= 11 is 0. The standard InChI is InChI=1S/C16H23N/c1-2-13-17-14-7-12-16(17)11-6-10-15-8-4-3-5-9-15/h2-5,8-9,16H,1,6-7,10-14H2/t16-/m0/s1. The molecule has 0 saturated carbocycles. The summed E-state index contributed by atoms with van der Waals surface area (Å²) in [6.45, 7) is 6.18. The van der Waals surface area contributed by atoms with Crippen molar-refractivity contribution < 1.29 is 0 Å². The second-order valence-corrected chi connectivity index (χ2v) is 4.96. The van der Waals surface area contributed by atoms with Crippen LogP contribution in [0.25, 0.3) is 0 Å². The van der Waals surface area contributed by atoms with E-state index in [4.69, 9.17) is 0 Å². The Morgan fingerprint density at radius 3 is 2.88 bits per heavy atom. The second kappa shape index (κ2) is 6.61. The molecule has 1 nitrogen and oxygen atoms in total. The SMILES string of the molecule is C=CCN1CCC[C@@H]1CCCc1ccccc1. The van der Waals surface area contributed by atoms with Gasteiger partial charge in [-0.2, -0.15) is 0 Å². The van der Waals surface area contributed by atoms with Crippen molar-refractivity contribution in [2.24, 2.45) is 0 Å². The predicted molar refractivity (Wildman–Crippen MR) is 74.2 cm³/mol. The molecule has 0 amide bonds. The van der Waals surface area contributed by atoms with Crippen LogP contribution in [-0.4, -0.2) is 24.0 Å². The van der Waals surface area contributed by atoms with Crippen molar-refractivity contribution in [1.82, 2.24) is 4.90 Å². The van der Waals surface area contributed by atoms with Crippen LogP contribution < -0.4 is 0 Å². The molecule has 0 unspecified atom stereocenters. The topological polar surface area (TPSA) is 3.24 Å². The maximum Gasteiger partial charge on any atom is 0.0163 e. The number of aryl methyl sites for hydroxylation is 1. The van der Waals surface area contributed by atoms with Crippen LogP contribution in [-0.2, 0) is 6.42 Å². The fourth-order valence-electron chi connectivity index (χ4n) is 2.81. The highest BCUT2D eigenvalue weighted by Crippen LogP contribution is 2.21. The maximum atomic E-state index is 3.84. The van der Waals surface area contributed by atoms with Crippen molar-refractivity contribution in [1.29, 1.82) is 0 Å². The molecule has 2 rings (SSSR count). The summed E-state index contributed by atoms with van der Waals surface area (Å²) < 4.78 is 0. The third-order valence-electron chi connectivity index (χ3n) is 3.71. The minimum absolute atomic E-state index is 0.803. The summed E-state index contributed by atoms with van der Waals surface area (Å²) in [7, 11) is 0. The fraction of sp³-hybridized carbons (Fsp3) is 0.500. The van der Waals surface area contributed by atoms with E-state index < -0.39 is 0 Å². The molecule has 1 fully saturated rings. The maximum absolute atomic E-state index is 3.84.